The largest absolute Gasteiger partial charge is 0.482 e. The molecule has 2 aromatic carbocycles. The second-order valence-corrected chi connectivity index (χ2v) is 5.46. The van der Waals surface area contributed by atoms with Gasteiger partial charge < -0.3 is 19.3 Å². The van der Waals surface area contributed by atoms with Crippen LogP contribution in [-0.4, -0.2) is 30.6 Å². The smallest absolute Gasteiger partial charge is 0.231 e. The van der Waals surface area contributed by atoms with Crippen molar-refractivity contribution in [1.29, 1.82) is 0 Å². The predicted octanol–water partition coefficient (Wildman–Crippen LogP) is 2.15. The van der Waals surface area contributed by atoms with Crippen LogP contribution in [-0.2, 0) is 9.63 Å². The van der Waals surface area contributed by atoms with Crippen molar-refractivity contribution in [3.8, 4) is 17.2 Å². The molecule has 0 saturated heterocycles. The highest BCUT2D eigenvalue weighted by atomic mass is 16.7. The number of nitrogens with one attached hydrogen (secondary N) is 1. The molecule has 136 valence electrons. The third kappa shape index (κ3) is 3.97. The Hall–Kier alpha value is -2.99. The molecule has 0 fully saturated rings. The number of hydrogen-bond acceptors (Lipinski definition) is 7. The van der Waals surface area contributed by atoms with Crippen molar-refractivity contribution < 1.29 is 28.9 Å². The van der Waals surface area contributed by atoms with E-state index in [-0.39, 0.29) is 12.5 Å². The Bertz CT molecular complexity index is 788. The SMILES string of the molecule is CCONC(=C=O)C(O)C(Oc1ccc2c(c1)OCO2)c1ccccc1. The number of hydroxylamine groups is 1. The number of hydrogen-bond donors (Lipinski definition) is 2. The maximum absolute atomic E-state index is 11.2. The zero-order chi connectivity index (χ0) is 18.4. The first-order valence-electron chi connectivity index (χ1n) is 8.15. The molecule has 2 atom stereocenters. The fraction of sp³-hybridized carbons (Fsp3) is 0.263. The standard InChI is InChI=1S/C19H19NO6/c1-2-25-20-15(11-21)18(22)19(13-6-4-3-5-7-13)26-14-8-9-16-17(10-14)24-12-23-16/h3-10,18-20,22H,2,12H2,1H3. The monoisotopic (exact) mass is 357 g/mol. The van der Waals surface area contributed by atoms with E-state index in [1.54, 1.807) is 43.2 Å². The van der Waals surface area contributed by atoms with Crippen molar-refractivity contribution in [3.63, 3.8) is 0 Å². The molecule has 2 unspecified atom stereocenters. The highest BCUT2D eigenvalue weighted by molar-refractivity contribution is 5.53. The third-order valence-corrected chi connectivity index (χ3v) is 3.75. The quantitative estimate of drug-likeness (QED) is 0.553. The van der Waals surface area contributed by atoms with Gasteiger partial charge in [-0.05, 0) is 24.6 Å². The Morgan fingerprint density at radius 3 is 2.73 bits per heavy atom. The molecule has 0 radical (unpaired) electrons. The fourth-order valence-electron chi connectivity index (χ4n) is 2.50. The van der Waals surface area contributed by atoms with Gasteiger partial charge >= 0.3 is 0 Å². The van der Waals surface area contributed by atoms with E-state index in [4.69, 9.17) is 19.0 Å². The van der Waals surface area contributed by atoms with Crippen molar-refractivity contribution in [3.05, 3.63) is 59.8 Å². The Morgan fingerprint density at radius 2 is 2.00 bits per heavy atom. The van der Waals surface area contributed by atoms with Crippen LogP contribution in [0.4, 0.5) is 0 Å². The molecule has 0 saturated carbocycles. The molecule has 1 heterocycles. The second kappa shape index (κ2) is 8.40. The summed E-state index contributed by atoms with van der Waals surface area (Å²) < 4.78 is 16.6. The van der Waals surface area contributed by atoms with Gasteiger partial charge in [-0.15, -0.1) is 0 Å². The summed E-state index contributed by atoms with van der Waals surface area (Å²) in [6.07, 6.45) is -2.17. The summed E-state index contributed by atoms with van der Waals surface area (Å²) in [5.41, 5.74) is 2.95. The number of carbonyl (C=O) groups excluding carboxylic acids is 1. The maximum atomic E-state index is 11.2. The number of benzene rings is 2. The summed E-state index contributed by atoms with van der Waals surface area (Å²) in [5.74, 6) is 3.32. The lowest BCUT2D eigenvalue weighted by Gasteiger charge is -2.25. The molecular formula is C19H19NO6. The molecule has 2 aromatic rings. The summed E-state index contributed by atoms with van der Waals surface area (Å²) in [6, 6.07) is 14.2. The van der Waals surface area contributed by atoms with Crippen LogP contribution >= 0.6 is 0 Å². The minimum atomic E-state index is -1.31. The summed E-state index contributed by atoms with van der Waals surface area (Å²) in [7, 11) is 0. The van der Waals surface area contributed by atoms with Gasteiger partial charge in [-0.3, -0.25) is 10.3 Å². The highest BCUT2D eigenvalue weighted by Crippen LogP contribution is 2.37. The van der Waals surface area contributed by atoms with E-state index in [2.05, 4.69) is 5.48 Å². The zero-order valence-electron chi connectivity index (χ0n) is 14.2. The van der Waals surface area contributed by atoms with Gasteiger partial charge in [-0.1, -0.05) is 30.3 Å². The van der Waals surface area contributed by atoms with Gasteiger partial charge in [0, 0.05) is 6.07 Å². The number of fused-ring (bicyclic) bond motifs is 1. The summed E-state index contributed by atoms with van der Waals surface area (Å²) in [6.45, 7) is 2.22. The molecule has 0 aromatic heterocycles. The first-order valence-corrected chi connectivity index (χ1v) is 8.15. The van der Waals surface area contributed by atoms with Gasteiger partial charge in [0.2, 0.25) is 6.79 Å². The first-order chi connectivity index (χ1) is 12.7. The Labute approximate surface area is 150 Å². The average Bonchev–Trinajstić information content (AvgIpc) is 3.15. The van der Waals surface area contributed by atoms with Crippen LogP contribution in [0.25, 0.3) is 0 Å². The van der Waals surface area contributed by atoms with E-state index < -0.39 is 12.2 Å². The van der Waals surface area contributed by atoms with E-state index in [1.165, 1.54) is 0 Å². The third-order valence-electron chi connectivity index (χ3n) is 3.75. The van der Waals surface area contributed by atoms with Crippen molar-refractivity contribution in [1.82, 2.24) is 5.48 Å². The van der Waals surface area contributed by atoms with Gasteiger partial charge in [0.15, 0.2) is 29.2 Å². The molecule has 7 nitrogen and oxygen atoms in total. The molecule has 0 amide bonds. The van der Waals surface area contributed by atoms with Gasteiger partial charge in [0.05, 0.1) is 6.61 Å². The lowest BCUT2D eigenvalue weighted by atomic mass is 10.0. The minimum absolute atomic E-state index is 0.151. The topological polar surface area (TPSA) is 86.3 Å². The predicted molar refractivity (Wildman–Crippen MR) is 92.4 cm³/mol. The van der Waals surface area contributed by atoms with Crippen LogP contribution in [0.15, 0.2) is 54.2 Å². The fourth-order valence-corrected chi connectivity index (χ4v) is 2.50. The van der Waals surface area contributed by atoms with E-state index in [9.17, 15) is 9.90 Å². The van der Waals surface area contributed by atoms with Gasteiger partial charge in [0.1, 0.15) is 11.9 Å². The average molecular weight is 357 g/mol. The van der Waals surface area contributed by atoms with Gasteiger partial charge in [-0.25, -0.2) is 4.79 Å². The summed E-state index contributed by atoms with van der Waals surface area (Å²) in [4.78, 5) is 16.2. The molecule has 26 heavy (non-hydrogen) atoms. The van der Waals surface area contributed by atoms with Gasteiger partial charge in [-0.2, -0.15) is 0 Å². The van der Waals surface area contributed by atoms with E-state index in [0.29, 0.717) is 29.4 Å². The molecule has 0 bridgehead atoms. The molecule has 0 spiro atoms. The van der Waals surface area contributed by atoms with Crippen LogP contribution in [0.3, 0.4) is 0 Å². The highest BCUT2D eigenvalue weighted by Gasteiger charge is 2.28. The van der Waals surface area contributed by atoms with Crippen LogP contribution in [0.5, 0.6) is 17.2 Å². The Kier molecular flexibility index (Phi) is 5.76. The molecular weight excluding hydrogens is 338 g/mol. The number of aliphatic hydroxyl groups is 1. The zero-order valence-corrected chi connectivity index (χ0v) is 14.2. The van der Waals surface area contributed by atoms with Crippen LogP contribution < -0.4 is 19.7 Å². The lowest BCUT2D eigenvalue weighted by Crippen LogP contribution is -2.33. The Balaban J connectivity index is 1.87. The van der Waals surface area contributed by atoms with Gasteiger partial charge in [0.25, 0.3) is 0 Å². The Morgan fingerprint density at radius 1 is 1.23 bits per heavy atom. The molecule has 0 aliphatic carbocycles. The van der Waals surface area contributed by atoms with E-state index >= 15 is 0 Å². The van der Waals surface area contributed by atoms with Crippen molar-refractivity contribution in [2.24, 2.45) is 0 Å². The van der Waals surface area contributed by atoms with Crippen LogP contribution in [0, 0.1) is 0 Å². The normalized spacial score (nSPS) is 14.2. The minimum Gasteiger partial charge on any atom is -0.482 e. The van der Waals surface area contributed by atoms with E-state index in [0.717, 1.165) is 0 Å². The van der Waals surface area contributed by atoms with Crippen LogP contribution in [0.1, 0.15) is 18.6 Å². The summed E-state index contributed by atoms with van der Waals surface area (Å²) in [5, 5.41) is 10.7. The van der Waals surface area contributed by atoms with Crippen molar-refractivity contribution in [2.45, 2.75) is 19.1 Å². The number of aliphatic hydroxyl groups excluding tert-OH is 1. The van der Waals surface area contributed by atoms with Crippen molar-refractivity contribution in [2.75, 3.05) is 13.4 Å². The maximum Gasteiger partial charge on any atom is 0.231 e. The first kappa shape index (κ1) is 17.8. The molecule has 7 heteroatoms. The number of ether oxygens (including phenoxy) is 3. The lowest BCUT2D eigenvalue weighted by molar-refractivity contribution is 0.0139. The number of rotatable bonds is 8. The van der Waals surface area contributed by atoms with Crippen LogP contribution in [0.2, 0.25) is 0 Å². The molecule has 2 N–H and O–H groups in total. The molecule has 1 aliphatic heterocycles. The van der Waals surface area contributed by atoms with Crippen molar-refractivity contribution >= 4 is 5.94 Å². The molecule has 3 rings (SSSR count). The molecule has 1 aliphatic rings. The second-order valence-electron chi connectivity index (χ2n) is 5.46. The van der Waals surface area contributed by atoms with E-state index in [1.807, 2.05) is 18.2 Å². The summed E-state index contributed by atoms with van der Waals surface area (Å²) >= 11 is 0.